The van der Waals surface area contributed by atoms with Crippen LogP contribution in [0, 0.1) is 0 Å². The lowest BCUT2D eigenvalue weighted by atomic mass is 10.1. The van der Waals surface area contributed by atoms with Crippen LogP contribution >= 0.6 is 23.2 Å². The Morgan fingerprint density at radius 1 is 0.868 bits per heavy atom. The summed E-state index contributed by atoms with van der Waals surface area (Å²) in [4.78, 5) is 28.3. The summed E-state index contributed by atoms with van der Waals surface area (Å²) in [5.41, 5.74) is 0.231. The Hall–Kier alpha value is -3.07. The summed E-state index contributed by atoms with van der Waals surface area (Å²) in [5.74, 6) is -0.978. The van der Waals surface area contributed by atoms with E-state index in [9.17, 15) is 18.0 Å². The van der Waals surface area contributed by atoms with Crippen LogP contribution in [0.25, 0.3) is 0 Å². The molecule has 2 amide bonds. The van der Waals surface area contributed by atoms with Crippen molar-refractivity contribution in [2.45, 2.75) is 50.7 Å². The number of sulfonamides is 1. The van der Waals surface area contributed by atoms with Crippen molar-refractivity contribution < 1.29 is 18.0 Å². The molecule has 0 aliphatic heterocycles. The van der Waals surface area contributed by atoms with Crippen molar-refractivity contribution in [2.75, 3.05) is 10.8 Å². The van der Waals surface area contributed by atoms with Gasteiger partial charge in [-0.25, -0.2) is 8.42 Å². The van der Waals surface area contributed by atoms with Crippen LogP contribution in [0.15, 0.2) is 83.8 Å². The third kappa shape index (κ3) is 7.28. The van der Waals surface area contributed by atoms with E-state index >= 15 is 0 Å². The first kappa shape index (κ1) is 29.5. The molecule has 202 valence electrons. The molecule has 10 heteroatoms. The van der Waals surface area contributed by atoms with Crippen molar-refractivity contribution in [3.05, 3.63) is 94.5 Å². The van der Waals surface area contributed by atoms with E-state index < -0.39 is 34.1 Å². The van der Waals surface area contributed by atoms with Crippen molar-refractivity contribution in [3.63, 3.8) is 0 Å². The Bertz CT molecular complexity index is 1390. The quantitative estimate of drug-likeness (QED) is 0.364. The molecule has 38 heavy (non-hydrogen) atoms. The topological polar surface area (TPSA) is 86.8 Å². The lowest BCUT2D eigenvalue weighted by Gasteiger charge is -2.33. The second-order valence-corrected chi connectivity index (χ2v) is 12.5. The molecule has 0 aliphatic rings. The second-order valence-electron chi connectivity index (χ2n) is 9.80. The molecular formula is C28H31Cl2N3O4S. The van der Waals surface area contributed by atoms with Crippen LogP contribution in [-0.2, 0) is 26.2 Å². The Balaban J connectivity index is 2.05. The molecule has 0 unspecified atom stereocenters. The maximum atomic E-state index is 13.9. The number of rotatable bonds is 9. The van der Waals surface area contributed by atoms with Gasteiger partial charge in [0, 0.05) is 17.1 Å². The van der Waals surface area contributed by atoms with E-state index in [2.05, 4.69) is 5.32 Å². The average Bonchev–Trinajstić information content (AvgIpc) is 2.86. The average molecular weight is 577 g/mol. The zero-order valence-corrected chi connectivity index (χ0v) is 24.0. The zero-order valence-electron chi connectivity index (χ0n) is 21.7. The van der Waals surface area contributed by atoms with E-state index in [0.29, 0.717) is 10.6 Å². The van der Waals surface area contributed by atoms with E-state index in [1.165, 1.54) is 23.1 Å². The summed E-state index contributed by atoms with van der Waals surface area (Å²) in [6.45, 7) is 6.52. The number of carbonyl (C=O) groups is 2. The Labute approximate surface area is 234 Å². The highest BCUT2D eigenvalue weighted by Gasteiger charge is 2.34. The van der Waals surface area contributed by atoms with E-state index in [1.54, 1.807) is 67.6 Å². The minimum absolute atomic E-state index is 0.00101. The fourth-order valence-electron chi connectivity index (χ4n) is 3.75. The van der Waals surface area contributed by atoms with Gasteiger partial charge in [-0.15, -0.1) is 0 Å². The van der Waals surface area contributed by atoms with Gasteiger partial charge in [0.2, 0.25) is 11.8 Å². The minimum Gasteiger partial charge on any atom is -0.350 e. The van der Waals surface area contributed by atoms with E-state index in [0.717, 1.165) is 4.31 Å². The number of hydrogen-bond acceptors (Lipinski definition) is 4. The van der Waals surface area contributed by atoms with Crippen LogP contribution in [0.5, 0.6) is 0 Å². The van der Waals surface area contributed by atoms with E-state index in [4.69, 9.17) is 23.2 Å². The molecule has 0 aromatic heterocycles. The van der Waals surface area contributed by atoms with Gasteiger partial charge < -0.3 is 10.2 Å². The number of benzene rings is 3. The maximum Gasteiger partial charge on any atom is 0.264 e. The van der Waals surface area contributed by atoms with Crippen molar-refractivity contribution >= 4 is 50.7 Å². The van der Waals surface area contributed by atoms with Gasteiger partial charge in [0.25, 0.3) is 10.0 Å². The molecule has 3 aromatic carbocycles. The molecule has 1 N–H and O–H groups in total. The van der Waals surface area contributed by atoms with Gasteiger partial charge >= 0.3 is 0 Å². The minimum atomic E-state index is -4.19. The van der Waals surface area contributed by atoms with Crippen molar-refractivity contribution in [3.8, 4) is 0 Å². The summed E-state index contributed by atoms with van der Waals surface area (Å²) in [7, 11) is -4.19. The first-order valence-corrected chi connectivity index (χ1v) is 14.2. The van der Waals surface area contributed by atoms with E-state index in [-0.39, 0.29) is 28.1 Å². The molecule has 0 saturated carbocycles. The molecule has 0 fully saturated rings. The SMILES string of the molecule is C[C@H](C(=O)NC(C)(C)C)N(Cc1ccccc1Cl)C(=O)CN(c1ccccc1Cl)S(=O)(=O)c1ccccc1. The first-order valence-electron chi connectivity index (χ1n) is 12.0. The van der Waals surface area contributed by atoms with Gasteiger partial charge in [0.1, 0.15) is 12.6 Å². The number of nitrogens with zero attached hydrogens (tertiary/aromatic N) is 2. The summed E-state index contributed by atoms with van der Waals surface area (Å²) < 4.78 is 28.5. The van der Waals surface area contributed by atoms with Gasteiger partial charge in [-0.2, -0.15) is 0 Å². The van der Waals surface area contributed by atoms with Crippen molar-refractivity contribution in [2.24, 2.45) is 0 Å². The number of nitrogens with one attached hydrogen (secondary N) is 1. The summed E-state index contributed by atoms with van der Waals surface area (Å²) in [6.07, 6.45) is 0. The van der Waals surface area contributed by atoms with Crippen LogP contribution in [0.2, 0.25) is 10.0 Å². The molecule has 0 bridgehead atoms. The third-order valence-electron chi connectivity index (χ3n) is 5.70. The molecule has 7 nitrogen and oxygen atoms in total. The third-order valence-corrected chi connectivity index (χ3v) is 8.16. The smallest absolute Gasteiger partial charge is 0.264 e. The lowest BCUT2D eigenvalue weighted by molar-refractivity contribution is -0.140. The monoisotopic (exact) mass is 575 g/mol. The molecule has 0 aliphatic carbocycles. The van der Waals surface area contributed by atoms with E-state index in [1.807, 2.05) is 20.8 Å². The summed E-state index contributed by atoms with van der Waals surface area (Å²) in [5, 5.41) is 3.47. The number of carbonyl (C=O) groups excluding carboxylic acids is 2. The molecule has 3 rings (SSSR count). The van der Waals surface area contributed by atoms with Crippen LogP contribution in [-0.4, -0.2) is 43.3 Å². The van der Waals surface area contributed by atoms with Crippen LogP contribution in [0.1, 0.15) is 33.3 Å². The van der Waals surface area contributed by atoms with Crippen LogP contribution < -0.4 is 9.62 Å². The van der Waals surface area contributed by atoms with Crippen molar-refractivity contribution in [1.29, 1.82) is 0 Å². The van der Waals surface area contributed by atoms with Gasteiger partial charge in [0.15, 0.2) is 0 Å². The molecule has 0 spiro atoms. The zero-order chi connectivity index (χ0) is 28.1. The lowest BCUT2D eigenvalue weighted by Crippen LogP contribution is -2.54. The fraction of sp³-hybridized carbons (Fsp3) is 0.286. The highest BCUT2D eigenvalue weighted by molar-refractivity contribution is 7.92. The highest BCUT2D eigenvalue weighted by atomic mass is 35.5. The maximum absolute atomic E-state index is 13.9. The van der Waals surface area contributed by atoms with Crippen molar-refractivity contribution in [1.82, 2.24) is 10.2 Å². The highest BCUT2D eigenvalue weighted by Crippen LogP contribution is 2.31. The number of hydrogen-bond donors (Lipinski definition) is 1. The standard InChI is InChI=1S/C28H31Cl2N3O4S/c1-20(27(35)31-28(2,3)4)32(18-21-12-8-9-15-23(21)29)26(34)19-33(25-17-11-10-16-24(25)30)38(36,37)22-13-6-5-7-14-22/h5-17,20H,18-19H2,1-4H3,(H,31,35)/t20-/m1/s1. The van der Waals surface area contributed by atoms with Gasteiger partial charge in [-0.3, -0.25) is 13.9 Å². The van der Waals surface area contributed by atoms with Crippen LogP contribution in [0.4, 0.5) is 5.69 Å². The molecule has 0 heterocycles. The van der Waals surface area contributed by atoms with Gasteiger partial charge in [-0.1, -0.05) is 71.7 Å². The molecule has 3 aromatic rings. The van der Waals surface area contributed by atoms with Gasteiger partial charge in [-0.05, 0) is 63.6 Å². The predicted molar refractivity (Wildman–Crippen MR) is 152 cm³/mol. The largest absolute Gasteiger partial charge is 0.350 e. The Morgan fingerprint density at radius 2 is 1.42 bits per heavy atom. The Morgan fingerprint density at radius 3 is 2.00 bits per heavy atom. The number of amides is 2. The summed E-state index contributed by atoms with van der Waals surface area (Å²) in [6, 6.07) is 20.2. The first-order chi connectivity index (χ1) is 17.8. The summed E-state index contributed by atoms with van der Waals surface area (Å²) >= 11 is 12.8. The second kappa shape index (κ2) is 12.2. The number of para-hydroxylation sites is 1. The van der Waals surface area contributed by atoms with Gasteiger partial charge in [0.05, 0.1) is 15.6 Å². The van der Waals surface area contributed by atoms with Crippen LogP contribution in [0.3, 0.4) is 0 Å². The predicted octanol–water partition coefficient (Wildman–Crippen LogP) is 5.52. The fourth-order valence-corrected chi connectivity index (χ4v) is 5.69. The number of anilines is 1. The normalized spacial score (nSPS) is 12.5. The molecular weight excluding hydrogens is 545 g/mol. The molecule has 1 atom stereocenters. The Kier molecular flexibility index (Phi) is 9.46. The number of halogens is 2. The molecule has 0 radical (unpaired) electrons. The molecule has 0 saturated heterocycles.